The first-order valence-corrected chi connectivity index (χ1v) is 8.32. The minimum atomic E-state index is -0.204. The summed E-state index contributed by atoms with van der Waals surface area (Å²) in [4.78, 5) is 33.9. The number of carbonyl (C=O) groups is 1. The van der Waals surface area contributed by atoms with Crippen LogP contribution < -0.4 is 10.9 Å². The first kappa shape index (κ1) is 14.8. The Labute approximate surface area is 148 Å². The van der Waals surface area contributed by atoms with E-state index in [1.165, 1.54) is 6.92 Å². The molecular formula is C20H14N4O2. The van der Waals surface area contributed by atoms with E-state index in [1.54, 1.807) is 22.8 Å². The summed E-state index contributed by atoms with van der Waals surface area (Å²) in [6, 6.07) is 15.1. The van der Waals surface area contributed by atoms with Crippen LogP contribution in [-0.4, -0.2) is 20.4 Å². The summed E-state index contributed by atoms with van der Waals surface area (Å²) in [6.45, 7) is 1.89. The van der Waals surface area contributed by atoms with Crippen molar-refractivity contribution in [3.05, 3.63) is 64.4 Å². The molecule has 0 radical (unpaired) electrons. The average molecular weight is 342 g/mol. The normalized spacial score (nSPS) is 12.2. The predicted molar refractivity (Wildman–Crippen MR) is 100 cm³/mol. The molecule has 0 spiro atoms. The van der Waals surface area contributed by atoms with E-state index in [2.05, 4.69) is 11.4 Å². The topological polar surface area (TPSA) is 76.9 Å². The minimum Gasteiger partial charge on any atom is -0.324 e. The lowest BCUT2D eigenvalue weighted by atomic mass is 10.1. The number of aromatic nitrogens is 3. The number of para-hydroxylation sites is 2. The molecule has 1 amide bonds. The lowest BCUT2D eigenvalue weighted by Crippen LogP contribution is -2.21. The monoisotopic (exact) mass is 342 g/mol. The van der Waals surface area contributed by atoms with Gasteiger partial charge >= 0.3 is 0 Å². The molecule has 1 N–H and O–H groups in total. The number of hydrogen-bond acceptors (Lipinski definition) is 4. The zero-order valence-corrected chi connectivity index (χ0v) is 14.0. The molecule has 0 aliphatic carbocycles. The number of amides is 1. The van der Waals surface area contributed by atoms with Crippen molar-refractivity contribution in [1.29, 1.82) is 0 Å². The number of nitrogens with one attached hydrogen (secondary N) is 1. The maximum absolute atomic E-state index is 13.0. The number of rotatable bonds is 1. The minimum absolute atomic E-state index is 0.126. The Hall–Kier alpha value is -3.54. The Morgan fingerprint density at radius 1 is 1.12 bits per heavy atom. The van der Waals surface area contributed by atoms with Crippen molar-refractivity contribution < 1.29 is 4.79 Å². The Balaban J connectivity index is 1.83. The van der Waals surface area contributed by atoms with Gasteiger partial charge in [-0.15, -0.1) is 0 Å². The lowest BCUT2D eigenvalue weighted by Gasteiger charge is -2.09. The summed E-state index contributed by atoms with van der Waals surface area (Å²) in [5.41, 5.74) is 3.46. The van der Waals surface area contributed by atoms with E-state index in [0.717, 1.165) is 22.2 Å². The largest absolute Gasteiger partial charge is 0.324 e. The zero-order valence-electron chi connectivity index (χ0n) is 14.0. The fourth-order valence-corrected chi connectivity index (χ4v) is 3.51. The van der Waals surface area contributed by atoms with Crippen LogP contribution >= 0.6 is 0 Å². The van der Waals surface area contributed by atoms with Crippen molar-refractivity contribution >= 4 is 33.4 Å². The summed E-state index contributed by atoms with van der Waals surface area (Å²) in [6.07, 6.45) is 0. The van der Waals surface area contributed by atoms with E-state index >= 15 is 0 Å². The van der Waals surface area contributed by atoms with Gasteiger partial charge in [-0.25, -0.2) is 9.97 Å². The zero-order chi connectivity index (χ0) is 17.8. The summed E-state index contributed by atoms with van der Waals surface area (Å²) in [5, 5.41) is 4.27. The van der Waals surface area contributed by atoms with Crippen LogP contribution in [0.4, 0.5) is 5.69 Å². The second kappa shape index (κ2) is 5.23. The van der Waals surface area contributed by atoms with Crippen molar-refractivity contribution in [2.75, 3.05) is 5.32 Å². The van der Waals surface area contributed by atoms with Gasteiger partial charge in [0.1, 0.15) is 11.2 Å². The van der Waals surface area contributed by atoms with Crippen molar-refractivity contribution in [2.24, 2.45) is 0 Å². The molecule has 0 fully saturated rings. The van der Waals surface area contributed by atoms with Gasteiger partial charge in [0.2, 0.25) is 5.91 Å². The molecule has 6 heteroatoms. The SMILES string of the molecule is CC(=O)Nc1cccc2c(=O)n3c(nc12)-c1nc2ccccc2cc1C3. The van der Waals surface area contributed by atoms with Crippen LogP contribution in [0, 0.1) is 0 Å². The summed E-state index contributed by atoms with van der Waals surface area (Å²) >= 11 is 0. The van der Waals surface area contributed by atoms with E-state index < -0.39 is 0 Å². The molecule has 1 aliphatic rings. The molecule has 1 aliphatic heterocycles. The number of pyridine rings is 1. The van der Waals surface area contributed by atoms with Gasteiger partial charge in [-0.3, -0.25) is 14.2 Å². The molecule has 0 unspecified atom stereocenters. The summed E-state index contributed by atoms with van der Waals surface area (Å²) in [5.74, 6) is 0.338. The highest BCUT2D eigenvalue weighted by Gasteiger charge is 2.25. The van der Waals surface area contributed by atoms with Gasteiger partial charge in [0, 0.05) is 17.9 Å². The molecule has 0 saturated heterocycles. The average Bonchev–Trinajstić information content (AvgIpc) is 2.98. The number of benzene rings is 2. The third-order valence-electron chi connectivity index (χ3n) is 4.64. The molecule has 2 aromatic carbocycles. The van der Waals surface area contributed by atoms with E-state index in [4.69, 9.17) is 9.97 Å². The van der Waals surface area contributed by atoms with Crippen molar-refractivity contribution in [1.82, 2.24) is 14.5 Å². The summed E-state index contributed by atoms with van der Waals surface area (Å²) in [7, 11) is 0. The van der Waals surface area contributed by atoms with E-state index in [0.29, 0.717) is 29.0 Å². The molecule has 0 atom stereocenters. The number of nitrogens with zero attached hydrogens (tertiary/aromatic N) is 3. The van der Waals surface area contributed by atoms with Gasteiger partial charge < -0.3 is 5.32 Å². The van der Waals surface area contributed by atoms with Crippen molar-refractivity contribution in [2.45, 2.75) is 13.5 Å². The van der Waals surface area contributed by atoms with E-state index in [9.17, 15) is 9.59 Å². The van der Waals surface area contributed by atoms with Gasteiger partial charge in [0.05, 0.1) is 23.1 Å². The highest BCUT2D eigenvalue weighted by molar-refractivity contribution is 5.99. The van der Waals surface area contributed by atoms with Gasteiger partial charge in [-0.2, -0.15) is 0 Å². The van der Waals surface area contributed by atoms with Crippen LogP contribution in [0.15, 0.2) is 53.3 Å². The van der Waals surface area contributed by atoms with Crippen LogP contribution in [0.25, 0.3) is 33.3 Å². The third-order valence-corrected chi connectivity index (χ3v) is 4.64. The Kier molecular flexibility index (Phi) is 2.97. The molecule has 26 heavy (non-hydrogen) atoms. The van der Waals surface area contributed by atoms with Gasteiger partial charge in [0.25, 0.3) is 5.56 Å². The maximum Gasteiger partial charge on any atom is 0.262 e. The molecule has 3 heterocycles. The third kappa shape index (κ3) is 2.05. The Morgan fingerprint density at radius 2 is 1.96 bits per heavy atom. The smallest absolute Gasteiger partial charge is 0.262 e. The molecule has 6 nitrogen and oxygen atoms in total. The van der Waals surface area contributed by atoms with Gasteiger partial charge in [0.15, 0.2) is 5.82 Å². The molecule has 4 aromatic rings. The van der Waals surface area contributed by atoms with Crippen LogP contribution in [0.1, 0.15) is 12.5 Å². The van der Waals surface area contributed by atoms with Crippen LogP contribution in [0.5, 0.6) is 0 Å². The van der Waals surface area contributed by atoms with Crippen molar-refractivity contribution in [3.8, 4) is 11.5 Å². The Bertz CT molecular complexity index is 1290. The lowest BCUT2D eigenvalue weighted by molar-refractivity contribution is -0.114. The first-order valence-electron chi connectivity index (χ1n) is 8.32. The molecule has 5 rings (SSSR count). The fraction of sp³-hybridized carbons (Fsp3) is 0.100. The highest BCUT2D eigenvalue weighted by atomic mass is 16.1. The quantitative estimate of drug-likeness (QED) is 0.508. The molecule has 2 aromatic heterocycles. The van der Waals surface area contributed by atoms with E-state index in [1.807, 2.05) is 24.3 Å². The van der Waals surface area contributed by atoms with Crippen LogP contribution in [0.2, 0.25) is 0 Å². The van der Waals surface area contributed by atoms with Crippen molar-refractivity contribution in [3.63, 3.8) is 0 Å². The standard InChI is InChI=1S/C20H14N4O2/c1-11(25)21-16-8-4-6-14-18(16)23-19-17-13(10-24(19)20(14)26)9-12-5-2-3-7-15(12)22-17/h2-9H,10H2,1H3,(H,21,25). The predicted octanol–water partition coefficient (Wildman–Crippen LogP) is 2.93. The van der Waals surface area contributed by atoms with Gasteiger partial charge in [-0.1, -0.05) is 24.3 Å². The van der Waals surface area contributed by atoms with Gasteiger partial charge in [-0.05, 0) is 24.3 Å². The second-order valence-corrected chi connectivity index (χ2v) is 6.40. The second-order valence-electron chi connectivity index (χ2n) is 6.40. The highest BCUT2D eigenvalue weighted by Crippen LogP contribution is 2.32. The van der Waals surface area contributed by atoms with Crippen LogP contribution in [0.3, 0.4) is 0 Å². The molecule has 0 saturated carbocycles. The molecule has 126 valence electrons. The number of carbonyl (C=O) groups excluding carboxylic acids is 1. The maximum atomic E-state index is 13.0. The fourth-order valence-electron chi connectivity index (χ4n) is 3.51. The molecule has 0 bridgehead atoms. The van der Waals surface area contributed by atoms with Crippen LogP contribution in [-0.2, 0) is 11.3 Å². The summed E-state index contributed by atoms with van der Waals surface area (Å²) < 4.78 is 1.65. The number of anilines is 1. The Morgan fingerprint density at radius 3 is 2.81 bits per heavy atom. The number of fused-ring (bicyclic) bond motifs is 5. The molecular weight excluding hydrogens is 328 g/mol. The number of hydrogen-bond donors (Lipinski definition) is 1. The van der Waals surface area contributed by atoms with E-state index in [-0.39, 0.29) is 11.5 Å². The first-order chi connectivity index (χ1) is 12.6.